The Kier molecular flexibility index (Phi) is 10.7. The van der Waals surface area contributed by atoms with Crippen molar-refractivity contribution < 1.29 is 66.6 Å². The minimum absolute atomic E-state index is 0.0155. The molecule has 3 nitrogen and oxygen atoms in total. The van der Waals surface area contributed by atoms with Crippen molar-refractivity contribution >= 4 is 0 Å². The Labute approximate surface area is 309 Å². The summed E-state index contributed by atoms with van der Waals surface area (Å²) in [5.41, 5.74) is -5.62. The molecule has 0 saturated heterocycles. The van der Waals surface area contributed by atoms with E-state index in [-0.39, 0.29) is 87.8 Å². The molecule has 0 N–H and O–H groups in total. The molecule has 55 heavy (non-hydrogen) atoms. The molecule has 0 bridgehead atoms. The van der Waals surface area contributed by atoms with Gasteiger partial charge in [0.1, 0.15) is 37.8 Å². The van der Waals surface area contributed by atoms with Gasteiger partial charge in [0.2, 0.25) is 0 Å². The van der Waals surface area contributed by atoms with Crippen molar-refractivity contribution in [2.24, 2.45) is 0 Å². The van der Waals surface area contributed by atoms with Crippen molar-refractivity contribution in [3.05, 3.63) is 94.0 Å². The number of benzene rings is 4. The predicted molar refractivity (Wildman–Crippen MR) is 181 cm³/mol. The molecule has 15 heteroatoms. The number of halogens is 12. The first-order valence-electron chi connectivity index (χ1n) is 17.7. The third kappa shape index (κ3) is 8.27. The molecule has 2 aliphatic rings. The van der Waals surface area contributed by atoms with E-state index in [0.29, 0.717) is 74.2 Å². The zero-order chi connectivity index (χ0) is 40.1. The first-order valence-corrected chi connectivity index (χ1v) is 17.7. The van der Waals surface area contributed by atoms with Crippen molar-refractivity contribution in [3.63, 3.8) is 0 Å². The number of alkyl halides is 12. The minimum Gasteiger partial charge on any atom is -0.489 e. The summed E-state index contributed by atoms with van der Waals surface area (Å²) in [5.74, 6) is 0.381. The van der Waals surface area contributed by atoms with E-state index in [4.69, 9.17) is 9.47 Å². The highest BCUT2D eigenvalue weighted by atomic mass is 19.4. The second-order valence-electron chi connectivity index (χ2n) is 14.0. The molecule has 4 aromatic carbocycles. The maximum Gasteiger partial charge on any atom is 0.416 e. The standard InChI is InChI=1S/C40H36F12NO2/c1-3-5-11-53(12-6-4-2)21-31-29(23-15-25(37(41,42)43)19-26(16-23)38(44,45)46)7-9-33-35(31)36-32(22-53)30(8-10-34(36)55-14-13-54-33)24-17-27(39(47,48)49)20-28(18-24)40(50,51)52/h7-10,15-20H,3-6,11-14,21-22H2,1-2H3/q+1. The van der Waals surface area contributed by atoms with Crippen LogP contribution in [0.25, 0.3) is 33.4 Å². The van der Waals surface area contributed by atoms with Crippen LogP contribution >= 0.6 is 0 Å². The highest BCUT2D eigenvalue weighted by Gasteiger charge is 2.42. The van der Waals surface area contributed by atoms with Gasteiger partial charge in [-0.2, -0.15) is 52.7 Å². The average molecular weight is 791 g/mol. The Balaban J connectivity index is 1.76. The number of quaternary nitrogens is 1. The molecule has 0 atom stereocenters. The van der Waals surface area contributed by atoms with Gasteiger partial charge in [0.15, 0.2) is 0 Å². The highest BCUT2D eigenvalue weighted by molar-refractivity contribution is 5.91. The van der Waals surface area contributed by atoms with Crippen LogP contribution in [0, 0.1) is 0 Å². The molecule has 296 valence electrons. The Morgan fingerprint density at radius 1 is 0.491 bits per heavy atom. The average Bonchev–Trinajstić information content (AvgIpc) is 3.24. The van der Waals surface area contributed by atoms with Gasteiger partial charge in [-0.15, -0.1) is 0 Å². The van der Waals surface area contributed by atoms with Crippen LogP contribution in [-0.4, -0.2) is 30.8 Å². The quantitative estimate of drug-likeness (QED) is 0.131. The SMILES string of the molecule is CCCC[N+]1(CCCC)Cc2c(-c3cc(C(F)(F)F)cc(C(F)(F)F)c3)ccc3c2-c2c(ccc(-c4cc(C(F)(F)F)cc(C(F)(F)F)c4)c2C1)OCCO3. The number of hydrogen-bond donors (Lipinski definition) is 0. The largest absolute Gasteiger partial charge is 0.489 e. The molecule has 6 rings (SSSR count). The lowest BCUT2D eigenvalue weighted by Gasteiger charge is -2.39. The molecule has 0 fully saturated rings. The molecule has 0 amide bonds. The van der Waals surface area contributed by atoms with Crippen molar-refractivity contribution in [3.8, 4) is 44.9 Å². The number of rotatable bonds is 8. The van der Waals surface area contributed by atoms with Crippen molar-refractivity contribution in [2.75, 3.05) is 26.3 Å². The Morgan fingerprint density at radius 3 is 1.11 bits per heavy atom. The lowest BCUT2D eigenvalue weighted by molar-refractivity contribution is -0.953. The molecule has 0 aliphatic carbocycles. The predicted octanol–water partition coefficient (Wildman–Crippen LogP) is 13.0. The van der Waals surface area contributed by atoms with Crippen LogP contribution in [0.5, 0.6) is 11.5 Å². The Hall–Kier alpha value is -4.40. The van der Waals surface area contributed by atoms with E-state index in [1.54, 1.807) is 0 Å². The summed E-state index contributed by atoms with van der Waals surface area (Å²) in [5, 5.41) is 0. The van der Waals surface area contributed by atoms with Gasteiger partial charge in [-0.25, -0.2) is 0 Å². The molecule has 2 heterocycles. The molecular formula is C40H36F12NO2+. The fourth-order valence-electron chi connectivity index (χ4n) is 7.58. The van der Waals surface area contributed by atoms with E-state index in [0.717, 1.165) is 0 Å². The van der Waals surface area contributed by atoms with Gasteiger partial charge in [0.25, 0.3) is 0 Å². The normalized spacial score (nSPS) is 15.7. The summed E-state index contributed by atoms with van der Waals surface area (Å²) in [6, 6.07) is 8.28. The lowest BCUT2D eigenvalue weighted by Crippen LogP contribution is -2.47. The maximum absolute atomic E-state index is 14.1. The van der Waals surface area contributed by atoms with Gasteiger partial charge in [0, 0.05) is 22.3 Å². The second kappa shape index (κ2) is 14.6. The fraction of sp³-hybridized carbons (Fsp3) is 0.400. The van der Waals surface area contributed by atoms with Crippen molar-refractivity contribution in [1.29, 1.82) is 0 Å². The Morgan fingerprint density at radius 2 is 0.818 bits per heavy atom. The van der Waals surface area contributed by atoms with Crippen LogP contribution in [-0.2, 0) is 37.8 Å². The van der Waals surface area contributed by atoms with Crippen LogP contribution in [0.15, 0.2) is 60.7 Å². The van der Waals surface area contributed by atoms with E-state index in [1.165, 1.54) is 24.3 Å². The summed E-state index contributed by atoms with van der Waals surface area (Å²) in [4.78, 5) is 0. The molecular weight excluding hydrogens is 754 g/mol. The third-order valence-electron chi connectivity index (χ3n) is 10.2. The molecule has 4 aromatic rings. The van der Waals surface area contributed by atoms with Crippen LogP contribution in [0.2, 0.25) is 0 Å². The van der Waals surface area contributed by atoms with Gasteiger partial charge in [0.05, 0.1) is 35.3 Å². The molecule has 0 saturated carbocycles. The van der Waals surface area contributed by atoms with Gasteiger partial charge in [-0.3, -0.25) is 0 Å². The lowest BCUT2D eigenvalue weighted by atomic mass is 9.85. The van der Waals surface area contributed by atoms with E-state index < -0.39 is 47.0 Å². The fourth-order valence-corrected chi connectivity index (χ4v) is 7.58. The smallest absolute Gasteiger partial charge is 0.416 e. The van der Waals surface area contributed by atoms with Crippen molar-refractivity contribution in [2.45, 2.75) is 77.3 Å². The zero-order valence-corrected chi connectivity index (χ0v) is 29.6. The number of nitrogens with zero attached hydrogens (tertiary/aromatic N) is 1. The van der Waals surface area contributed by atoms with Crippen LogP contribution in [0.3, 0.4) is 0 Å². The first kappa shape index (κ1) is 40.3. The van der Waals surface area contributed by atoms with Gasteiger partial charge in [-0.05, 0) is 83.6 Å². The van der Waals surface area contributed by atoms with Crippen LogP contribution in [0.1, 0.15) is 72.9 Å². The topological polar surface area (TPSA) is 18.5 Å². The molecule has 0 radical (unpaired) electrons. The summed E-state index contributed by atoms with van der Waals surface area (Å²) < 4.78 is 182. The number of hydrogen-bond acceptors (Lipinski definition) is 2. The minimum atomic E-state index is -5.14. The molecule has 0 aromatic heterocycles. The maximum atomic E-state index is 14.1. The Bertz CT molecular complexity index is 1850. The highest BCUT2D eigenvalue weighted by Crippen LogP contribution is 2.53. The van der Waals surface area contributed by atoms with E-state index >= 15 is 0 Å². The zero-order valence-electron chi connectivity index (χ0n) is 29.6. The number of ether oxygens (including phenoxy) is 2. The monoisotopic (exact) mass is 790 g/mol. The van der Waals surface area contributed by atoms with E-state index in [2.05, 4.69) is 0 Å². The van der Waals surface area contributed by atoms with Crippen LogP contribution in [0.4, 0.5) is 52.7 Å². The van der Waals surface area contributed by atoms with E-state index in [9.17, 15) is 52.7 Å². The molecule has 0 spiro atoms. The number of unbranched alkanes of at least 4 members (excludes halogenated alkanes) is 2. The van der Waals surface area contributed by atoms with Crippen LogP contribution < -0.4 is 9.47 Å². The molecule has 0 unspecified atom stereocenters. The van der Waals surface area contributed by atoms with Crippen molar-refractivity contribution in [1.82, 2.24) is 0 Å². The summed E-state index contributed by atoms with van der Waals surface area (Å²) in [6.45, 7) is 4.77. The van der Waals surface area contributed by atoms with E-state index in [1.807, 2.05) is 13.8 Å². The van der Waals surface area contributed by atoms with Gasteiger partial charge >= 0.3 is 24.7 Å². The first-order chi connectivity index (χ1) is 25.6. The second-order valence-corrected chi connectivity index (χ2v) is 14.0. The van der Waals surface area contributed by atoms with Gasteiger partial charge in [-0.1, -0.05) is 38.8 Å². The third-order valence-corrected chi connectivity index (χ3v) is 10.2. The summed E-state index contributed by atoms with van der Waals surface area (Å²) in [6.07, 6.45) is -18.0. The summed E-state index contributed by atoms with van der Waals surface area (Å²) in [7, 11) is 0. The molecule has 2 aliphatic heterocycles. The van der Waals surface area contributed by atoms with Gasteiger partial charge < -0.3 is 14.0 Å². The summed E-state index contributed by atoms with van der Waals surface area (Å²) >= 11 is 0.